The molecular formula is C11H18N2O2. The fourth-order valence-electron chi connectivity index (χ4n) is 1.22. The number of benzene rings is 1. The number of rotatable bonds is 7. The summed E-state index contributed by atoms with van der Waals surface area (Å²) in [6.45, 7) is 2.41. The largest absolute Gasteiger partial charge is 0.492 e. The minimum atomic E-state index is 0.502. The fourth-order valence-corrected chi connectivity index (χ4v) is 1.22. The molecule has 0 bridgehead atoms. The third kappa shape index (κ3) is 4.29. The van der Waals surface area contributed by atoms with Crippen LogP contribution in [-0.4, -0.2) is 27.0 Å². The molecule has 0 aliphatic rings. The lowest BCUT2D eigenvalue weighted by atomic mass is 10.2. The maximum atomic E-state index is 5.59. The lowest BCUT2D eigenvalue weighted by Crippen LogP contribution is -2.23. The first-order valence-corrected chi connectivity index (χ1v) is 4.99. The highest BCUT2D eigenvalue weighted by Crippen LogP contribution is 2.16. The van der Waals surface area contributed by atoms with E-state index in [1.165, 1.54) is 0 Å². The van der Waals surface area contributed by atoms with E-state index in [-0.39, 0.29) is 0 Å². The summed E-state index contributed by atoms with van der Waals surface area (Å²) in [5.74, 6) is 0.860. The van der Waals surface area contributed by atoms with Gasteiger partial charge in [-0.15, -0.1) is 0 Å². The van der Waals surface area contributed by atoms with E-state index >= 15 is 0 Å². The van der Waals surface area contributed by atoms with Crippen molar-refractivity contribution in [1.82, 2.24) is 5.32 Å². The Balaban J connectivity index is 2.30. The Labute approximate surface area is 90.4 Å². The first kappa shape index (κ1) is 12.0. The molecule has 0 fully saturated rings. The minimum Gasteiger partial charge on any atom is -0.492 e. The summed E-state index contributed by atoms with van der Waals surface area (Å²) in [4.78, 5) is 0. The van der Waals surface area contributed by atoms with Crippen LogP contribution in [-0.2, 0) is 11.3 Å². The van der Waals surface area contributed by atoms with E-state index in [1.807, 2.05) is 24.3 Å². The zero-order valence-corrected chi connectivity index (χ0v) is 9.03. The maximum Gasteiger partial charge on any atom is 0.123 e. The van der Waals surface area contributed by atoms with Gasteiger partial charge in [0, 0.05) is 25.8 Å². The smallest absolute Gasteiger partial charge is 0.123 e. The van der Waals surface area contributed by atoms with Gasteiger partial charge in [0.05, 0.1) is 6.73 Å². The number of hydrogen-bond acceptors (Lipinski definition) is 4. The van der Waals surface area contributed by atoms with Crippen LogP contribution in [0.5, 0.6) is 5.75 Å². The van der Waals surface area contributed by atoms with Crippen molar-refractivity contribution in [3.63, 3.8) is 0 Å². The maximum absolute atomic E-state index is 5.59. The molecule has 0 saturated carbocycles. The predicted molar refractivity (Wildman–Crippen MR) is 59.7 cm³/mol. The quantitative estimate of drug-likeness (QED) is 0.514. The number of ether oxygens (including phenoxy) is 2. The summed E-state index contributed by atoms with van der Waals surface area (Å²) in [5.41, 5.74) is 6.62. The molecule has 0 saturated heterocycles. The molecule has 0 aliphatic carbocycles. The van der Waals surface area contributed by atoms with Crippen molar-refractivity contribution in [1.29, 1.82) is 0 Å². The zero-order chi connectivity index (χ0) is 10.9. The summed E-state index contributed by atoms with van der Waals surface area (Å²) < 4.78 is 10.4. The van der Waals surface area contributed by atoms with Crippen LogP contribution in [0.4, 0.5) is 0 Å². The number of nitrogens with two attached hydrogens (primary N) is 1. The van der Waals surface area contributed by atoms with Crippen LogP contribution in [0.15, 0.2) is 24.3 Å². The third-order valence-corrected chi connectivity index (χ3v) is 1.98. The van der Waals surface area contributed by atoms with E-state index in [4.69, 9.17) is 15.2 Å². The third-order valence-electron chi connectivity index (χ3n) is 1.98. The molecule has 0 radical (unpaired) electrons. The van der Waals surface area contributed by atoms with Crippen molar-refractivity contribution >= 4 is 0 Å². The van der Waals surface area contributed by atoms with Crippen LogP contribution in [0.2, 0.25) is 0 Å². The van der Waals surface area contributed by atoms with Crippen LogP contribution in [0.1, 0.15) is 5.56 Å². The van der Waals surface area contributed by atoms with E-state index in [2.05, 4.69) is 5.32 Å². The first-order valence-electron chi connectivity index (χ1n) is 4.99. The van der Waals surface area contributed by atoms with Gasteiger partial charge in [-0.25, -0.2) is 0 Å². The van der Waals surface area contributed by atoms with Gasteiger partial charge in [0.15, 0.2) is 0 Å². The van der Waals surface area contributed by atoms with Crippen LogP contribution in [0.25, 0.3) is 0 Å². The van der Waals surface area contributed by atoms with Crippen LogP contribution in [0, 0.1) is 0 Å². The second-order valence-corrected chi connectivity index (χ2v) is 3.09. The van der Waals surface area contributed by atoms with Crippen LogP contribution < -0.4 is 15.8 Å². The normalized spacial score (nSPS) is 10.3. The molecule has 0 aliphatic heterocycles. The molecule has 4 nitrogen and oxygen atoms in total. The number of methoxy groups -OCH3 is 1. The predicted octanol–water partition coefficient (Wildman–Crippen LogP) is 0.718. The Bertz CT molecular complexity index is 279. The lowest BCUT2D eigenvalue weighted by Gasteiger charge is -2.10. The molecule has 0 heterocycles. The van der Waals surface area contributed by atoms with Crippen LogP contribution >= 0.6 is 0 Å². The monoisotopic (exact) mass is 210 g/mol. The van der Waals surface area contributed by atoms with E-state index in [9.17, 15) is 0 Å². The molecular weight excluding hydrogens is 192 g/mol. The minimum absolute atomic E-state index is 0.502. The average molecular weight is 210 g/mol. The van der Waals surface area contributed by atoms with Gasteiger partial charge in [0.25, 0.3) is 0 Å². The van der Waals surface area contributed by atoms with Crippen molar-refractivity contribution in [2.75, 3.05) is 27.0 Å². The molecule has 15 heavy (non-hydrogen) atoms. The molecule has 84 valence electrons. The summed E-state index contributed by atoms with van der Waals surface area (Å²) in [6, 6.07) is 7.80. The Morgan fingerprint density at radius 2 is 2.13 bits per heavy atom. The number of nitrogens with one attached hydrogen (secondary N) is 1. The zero-order valence-electron chi connectivity index (χ0n) is 9.03. The Morgan fingerprint density at radius 3 is 2.87 bits per heavy atom. The topological polar surface area (TPSA) is 56.5 Å². The van der Waals surface area contributed by atoms with Crippen molar-refractivity contribution in [3.05, 3.63) is 29.8 Å². The Hall–Kier alpha value is -1.10. The molecule has 0 atom stereocenters. The van der Waals surface area contributed by atoms with E-state index in [1.54, 1.807) is 7.11 Å². The van der Waals surface area contributed by atoms with Gasteiger partial charge in [0.1, 0.15) is 12.4 Å². The SMILES string of the molecule is COCNCCOc1ccccc1CN. The Kier molecular flexibility index (Phi) is 5.77. The highest BCUT2D eigenvalue weighted by Gasteiger charge is 1.99. The fraction of sp³-hybridized carbons (Fsp3) is 0.455. The van der Waals surface area contributed by atoms with Gasteiger partial charge in [-0.3, -0.25) is 5.32 Å². The summed E-state index contributed by atoms with van der Waals surface area (Å²) in [7, 11) is 1.65. The molecule has 0 spiro atoms. The van der Waals surface area contributed by atoms with E-state index in [0.29, 0.717) is 19.9 Å². The number of para-hydroxylation sites is 1. The van der Waals surface area contributed by atoms with Gasteiger partial charge in [-0.05, 0) is 6.07 Å². The molecule has 1 aromatic rings. The van der Waals surface area contributed by atoms with Crippen molar-refractivity contribution in [3.8, 4) is 5.75 Å². The summed E-state index contributed by atoms with van der Waals surface area (Å²) in [5, 5.41) is 3.06. The van der Waals surface area contributed by atoms with Gasteiger partial charge >= 0.3 is 0 Å². The molecule has 1 rings (SSSR count). The molecule has 4 heteroatoms. The average Bonchev–Trinajstić information content (AvgIpc) is 2.29. The Morgan fingerprint density at radius 1 is 1.33 bits per heavy atom. The summed E-state index contributed by atoms with van der Waals surface area (Å²) >= 11 is 0. The first-order chi connectivity index (χ1) is 7.38. The molecule has 0 amide bonds. The van der Waals surface area contributed by atoms with Crippen LogP contribution in [0.3, 0.4) is 0 Å². The number of hydrogen-bond donors (Lipinski definition) is 2. The molecule has 3 N–H and O–H groups in total. The highest BCUT2D eigenvalue weighted by molar-refractivity contribution is 5.32. The van der Waals surface area contributed by atoms with Crippen molar-refractivity contribution in [2.24, 2.45) is 5.73 Å². The molecule has 0 unspecified atom stereocenters. The van der Waals surface area contributed by atoms with Gasteiger partial charge in [-0.2, -0.15) is 0 Å². The van der Waals surface area contributed by atoms with E-state index in [0.717, 1.165) is 17.9 Å². The van der Waals surface area contributed by atoms with Crippen molar-refractivity contribution in [2.45, 2.75) is 6.54 Å². The van der Waals surface area contributed by atoms with Gasteiger partial charge < -0.3 is 15.2 Å². The van der Waals surface area contributed by atoms with Gasteiger partial charge in [-0.1, -0.05) is 18.2 Å². The van der Waals surface area contributed by atoms with Crippen molar-refractivity contribution < 1.29 is 9.47 Å². The molecule has 1 aromatic carbocycles. The lowest BCUT2D eigenvalue weighted by molar-refractivity contribution is 0.168. The molecule has 0 aromatic heterocycles. The van der Waals surface area contributed by atoms with Gasteiger partial charge in [0.2, 0.25) is 0 Å². The standard InChI is InChI=1S/C11H18N2O2/c1-14-9-13-6-7-15-11-5-3-2-4-10(11)8-12/h2-5,13H,6-9,12H2,1H3. The summed E-state index contributed by atoms with van der Waals surface area (Å²) in [6.07, 6.45) is 0. The second-order valence-electron chi connectivity index (χ2n) is 3.09. The highest BCUT2D eigenvalue weighted by atomic mass is 16.5. The second kappa shape index (κ2) is 7.23. The van der Waals surface area contributed by atoms with E-state index < -0.39 is 0 Å².